The van der Waals surface area contributed by atoms with E-state index in [2.05, 4.69) is 0 Å². The predicted molar refractivity (Wildman–Crippen MR) is 128 cm³/mol. The molecule has 1 aromatic heterocycles. The number of halogens is 1. The van der Waals surface area contributed by atoms with Crippen LogP contribution in [0.2, 0.25) is 0 Å². The molecule has 35 heavy (non-hydrogen) atoms. The van der Waals surface area contributed by atoms with E-state index in [0.29, 0.717) is 43.9 Å². The molecule has 4 rings (SSSR count). The fraction of sp³-hybridized carbons (Fsp3) is 0.370. The van der Waals surface area contributed by atoms with Crippen LogP contribution < -0.4 is 10.4 Å². The first-order valence-electron chi connectivity index (χ1n) is 11.8. The lowest BCUT2D eigenvalue weighted by atomic mass is 9.78. The van der Waals surface area contributed by atoms with Crippen molar-refractivity contribution in [1.82, 2.24) is 4.90 Å². The summed E-state index contributed by atoms with van der Waals surface area (Å²) in [7, 11) is 0. The van der Waals surface area contributed by atoms with Gasteiger partial charge in [-0.25, -0.2) is 9.18 Å². The molecule has 8 heteroatoms. The van der Waals surface area contributed by atoms with Crippen LogP contribution in [0, 0.1) is 11.7 Å². The van der Waals surface area contributed by atoms with E-state index in [1.807, 2.05) is 0 Å². The molecule has 0 spiro atoms. The highest BCUT2D eigenvalue weighted by molar-refractivity contribution is 5.79. The van der Waals surface area contributed by atoms with E-state index in [4.69, 9.17) is 13.9 Å². The van der Waals surface area contributed by atoms with Crippen molar-refractivity contribution >= 4 is 22.8 Å². The number of hydrogen-bond acceptors (Lipinski definition) is 6. The molecule has 1 aliphatic rings. The number of benzene rings is 2. The summed E-state index contributed by atoms with van der Waals surface area (Å²) in [5.41, 5.74) is 0.850. The number of hydrogen-bond donors (Lipinski definition) is 0. The highest BCUT2D eigenvalue weighted by Crippen LogP contribution is 2.36. The maximum absolute atomic E-state index is 13.4. The van der Waals surface area contributed by atoms with Crippen LogP contribution in [0.25, 0.3) is 11.0 Å². The second-order valence-corrected chi connectivity index (χ2v) is 8.63. The summed E-state index contributed by atoms with van der Waals surface area (Å²) in [5.74, 6) is -0.228. The van der Waals surface area contributed by atoms with Crippen LogP contribution in [-0.2, 0) is 14.3 Å². The van der Waals surface area contributed by atoms with E-state index in [0.717, 1.165) is 10.9 Å². The van der Waals surface area contributed by atoms with Crippen molar-refractivity contribution in [2.75, 3.05) is 26.3 Å². The summed E-state index contributed by atoms with van der Waals surface area (Å²) in [6.07, 6.45) is 1.65. The molecule has 1 atom stereocenters. The molecule has 0 saturated carbocycles. The Morgan fingerprint density at radius 1 is 1.09 bits per heavy atom. The Hall–Kier alpha value is -3.68. The van der Waals surface area contributed by atoms with Crippen molar-refractivity contribution in [1.29, 1.82) is 0 Å². The summed E-state index contributed by atoms with van der Waals surface area (Å²) < 4.78 is 29.4. The second-order valence-electron chi connectivity index (χ2n) is 8.63. The van der Waals surface area contributed by atoms with Crippen molar-refractivity contribution in [3.05, 3.63) is 76.4 Å². The van der Waals surface area contributed by atoms with Crippen LogP contribution in [0.3, 0.4) is 0 Å². The van der Waals surface area contributed by atoms with Gasteiger partial charge in [-0.2, -0.15) is 0 Å². The number of likely N-dealkylation sites (tertiary alicyclic amines) is 1. The zero-order valence-electron chi connectivity index (χ0n) is 19.6. The monoisotopic (exact) mass is 481 g/mol. The van der Waals surface area contributed by atoms with E-state index in [1.165, 1.54) is 18.2 Å². The highest BCUT2D eigenvalue weighted by atomic mass is 19.1. The van der Waals surface area contributed by atoms with Crippen LogP contribution in [0.5, 0.6) is 5.75 Å². The third kappa shape index (κ3) is 6.26. The molecular formula is C27H28FNO6. The average molecular weight is 482 g/mol. The van der Waals surface area contributed by atoms with E-state index in [9.17, 15) is 18.8 Å². The quantitative estimate of drug-likeness (QED) is 0.353. The SMILES string of the molecule is CCOC(=O)CC(c1ccc(F)cc1)C1CCN(C(=O)COc2ccc3ccc(=O)oc3c2)CC1. The molecule has 0 radical (unpaired) electrons. The standard InChI is InChI=1S/C27H28FNO6/c1-2-33-27(32)16-23(18-3-7-21(28)8-4-18)19-11-13-29(14-12-19)25(30)17-34-22-9-5-20-6-10-26(31)35-24(20)15-22/h3-10,15,19,23H,2,11-14,16-17H2,1H3. The third-order valence-corrected chi connectivity index (χ3v) is 6.41. The maximum atomic E-state index is 13.4. The fourth-order valence-corrected chi connectivity index (χ4v) is 4.58. The van der Waals surface area contributed by atoms with Crippen LogP contribution in [0.4, 0.5) is 4.39 Å². The van der Waals surface area contributed by atoms with Crippen molar-refractivity contribution in [3.63, 3.8) is 0 Å². The Bertz CT molecular complexity index is 1230. The Balaban J connectivity index is 1.35. The molecule has 0 N–H and O–H groups in total. The highest BCUT2D eigenvalue weighted by Gasteiger charge is 2.31. The largest absolute Gasteiger partial charge is 0.484 e. The lowest BCUT2D eigenvalue weighted by molar-refractivity contribution is -0.144. The van der Waals surface area contributed by atoms with Gasteiger partial charge in [0.25, 0.3) is 5.91 Å². The first-order chi connectivity index (χ1) is 16.9. The summed E-state index contributed by atoms with van der Waals surface area (Å²) in [6, 6.07) is 14.4. The minimum Gasteiger partial charge on any atom is -0.484 e. The number of carbonyl (C=O) groups excluding carboxylic acids is 2. The molecule has 2 heterocycles. The number of carbonyl (C=O) groups is 2. The molecule has 1 amide bonds. The van der Waals surface area contributed by atoms with Crippen LogP contribution in [0.15, 0.2) is 63.8 Å². The molecule has 1 unspecified atom stereocenters. The maximum Gasteiger partial charge on any atom is 0.336 e. The number of amides is 1. The molecule has 1 fully saturated rings. The van der Waals surface area contributed by atoms with Gasteiger partial charge in [-0.1, -0.05) is 12.1 Å². The Morgan fingerprint density at radius 2 is 1.80 bits per heavy atom. The summed E-state index contributed by atoms with van der Waals surface area (Å²) in [6.45, 7) is 3.04. The van der Waals surface area contributed by atoms with Gasteiger partial charge in [-0.05, 0) is 67.5 Å². The summed E-state index contributed by atoms with van der Waals surface area (Å²) in [5, 5.41) is 0.767. The minimum absolute atomic E-state index is 0.101. The Labute approximate surface area is 202 Å². The smallest absolute Gasteiger partial charge is 0.336 e. The molecule has 1 saturated heterocycles. The summed E-state index contributed by atoms with van der Waals surface area (Å²) in [4.78, 5) is 38.2. The zero-order chi connectivity index (χ0) is 24.8. The van der Waals surface area contributed by atoms with E-state index in [1.54, 1.807) is 48.2 Å². The first-order valence-corrected chi connectivity index (χ1v) is 11.8. The Kier molecular flexibility index (Phi) is 7.80. The van der Waals surface area contributed by atoms with Gasteiger partial charge >= 0.3 is 11.6 Å². The van der Waals surface area contributed by atoms with Crippen molar-refractivity contribution in [2.24, 2.45) is 5.92 Å². The van der Waals surface area contributed by atoms with Crippen molar-refractivity contribution in [3.8, 4) is 5.75 Å². The number of piperidine rings is 1. The molecular weight excluding hydrogens is 453 g/mol. The third-order valence-electron chi connectivity index (χ3n) is 6.41. The lowest BCUT2D eigenvalue weighted by Gasteiger charge is -2.36. The molecule has 7 nitrogen and oxygen atoms in total. The van der Waals surface area contributed by atoms with E-state index in [-0.39, 0.29) is 42.6 Å². The normalized spacial score (nSPS) is 15.1. The van der Waals surface area contributed by atoms with E-state index >= 15 is 0 Å². The molecule has 0 bridgehead atoms. The lowest BCUT2D eigenvalue weighted by Crippen LogP contribution is -2.42. The number of nitrogens with zero attached hydrogens (tertiary/aromatic N) is 1. The molecule has 0 aliphatic carbocycles. The van der Waals surface area contributed by atoms with Gasteiger partial charge in [-0.3, -0.25) is 9.59 Å². The number of fused-ring (bicyclic) bond motifs is 1. The minimum atomic E-state index is -0.449. The van der Waals surface area contributed by atoms with Crippen LogP contribution in [-0.4, -0.2) is 43.1 Å². The van der Waals surface area contributed by atoms with Gasteiger partial charge in [0.15, 0.2) is 6.61 Å². The first kappa shape index (κ1) is 24.4. The average Bonchev–Trinajstić information content (AvgIpc) is 2.86. The van der Waals surface area contributed by atoms with Crippen molar-refractivity contribution in [2.45, 2.75) is 32.1 Å². The number of esters is 1. The van der Waals surface area contributed by atoms with Gasteiger partial charge in [-0.15, -0.1) is 0 Å². The van der Waals surface area contributed by atoms with Gasteiger partial charge in [0.05, 0.1) is 13.0 Å². The second kappa shape index (κ2) is 11.2. The van der Waals surface area contributed by atoms with Gasteiger partial charge in [0.2, 0.25) is 0 Å². The fourth-order valence-electron chi connectivity index (χ4n) is 4.58. The predicted octanol–water partition coefficient (Wildman–Crippen LogP) is 4.29. The zero-order valence-corrected chi connectivity index (χ0v) is 19.6. The van der Waals surface area contributed by atoms with Crippen molar-refractivity contribution < 1.29 is 27.9 Å². The van der Waals surface area contributed by atoms with Gasteiger partial charge in [0, 0.05) is 30.6 Å². The van der Waals surface area contributed by atoms with Crippen LogP contribution >= 0.6 is 0 Å². The van der Waals surface area contributed by atoms with Crippen LogP contribution in [0.1, 0.15) is 37.7 Å². The summed E-state index contributed by atoms with van der Waals surface area (Å²) >= 11 is 0. The number of rotatable bonds is 8. The van der Waals surface area contributed by atoms with Gasteiger partial charge in [0.1, 0.15) is 17.1 Å². The molecule has 184 valence electrons. The van der Waals surface area contributed by atoms with Gasteiger partial charge < -0.3 is 18.8 Å². The topological polar surface area (TPSA) is 86.0 Å². The number of ether oxygens (including phenoxy) is 2. The molecule has 2 aromatic carbocycles. The molecule has 3 aromatic rings. The molecule has 1 aliphatic heterocycles. The Morgan fingerprint density at radius 3 is 2.51 bits per heavy atom. The van der Waals surface area contributed by atoms with E-state index < -0.39 is 5.63 Å².